The molecule has 2 nitrogen and oxygen atoms in total. The van der Waals surface area contributed by atoms with Gasteiger partial charge >= 0.3 is 0 Å². The Balaban J connectivity index is 2.36. The van der Waals surface area contributed by atoms with Crippen LogP contribution < -0.4 is 10.6 Å². The van der Waals surface area contributed by atoms with E-state index < -0.39 is 0 Å². The molecule has 1 fully saturated rings. The maximum absolute atomic E-state index is 13.9. The third kappa shape index (κ3) is 2.19. The molecule has 0 aliphatic carbocycles. The highest BCUT2D eigenvalue weighted by Gasteiger charge is 2.19. The van der Waals surface area contributed by atoms with Gasteiger partial charge in [-0.25, -0.2) is 4.39 Å². The summed E-state index contributed by atoms with van der Waals surface area (Å²) in [5.41, 5.74) is 7.53. The number of nitrogens with zero attached hydrogens (tertiary/aromatic N) is 1. The third-order valence-corrected chi connectivity index (χ3v) is 3.18. The van der Waals surface area contributed by atoms with E-state index >= 15 is 0 Å². The molecule has 1 aromatic rings. The number of anilines is 1. The van der Waals surface area contributed by atoms with E-state index in [-0.39, 0.29) is 11.9 Å². The fourth-order valence-electron chi connectivity index (χ4n) is 2.35. The van der Waals surface area contributed by atoms with Crippen LogP contribution in [0.4, 0.5) is 10.1 Å². The van der Waals surface area contributed by atoms with Gasteiger partial charge in [0.25, 0.3) is 0 Å². The van der Waals surface area contributed by atoms with E-state index in [9.17, 15) is 4.39 Å². The van der Waals surface area contributed by atoms with E-state index in [0.717, 1.165) is 37.2 Å². The lowest BCUT2D eigenvalue weighted by Crippen LogP contribution is -2.31. The zero-order valence-corrected chi connectivity index (χ0v) is 9.75. The van der Waals surface area contributed by atoms with Crippen LogP contribution in [0.2, 0.25) is 0 Å². The second kappa shape index (κ2) is 4.83. The molecule has 16 heavy (non-hydrogen) atoms. The van der Waals surface area contributed by atoms with Crippen molar-refractivity contribution in [3.8, 4) is 0 Å². The lowest BCUT2D eigenvalue weighted by molar-refractivity contribution is 0.552. The lowest BCUT2D eigenvalue weighted by Gasteiger charge is -2.31. The Kier molecular flexibility index (Phi) is 3.44. The average molecular weight is 222 g/mol. The molecule has 1 aromatic carbocycles. The van der Waals surface area contributed by atoms with Gasteiger partial charge in [-0.05, 0) is 37.8 Å². The second-order valence-electron chi connectivity index (χ2n) is 4.51. The Labute approximate surface area is 96.2 Å². The molecule has 0 spiro atoms. The summed E-state index contributed by atoms with van der Waals surface area (Å²) in [7, 11) is 0. The molecular formula is C13H19FN2. The van der Waals surface area contributed by atoms with Crippen LogP contribution in [-0.2, 0) is 0 Å². The van der Waals surface area contributed by atoms with Crippen LogP contribution in [0.15, 0.2) is 18.2 Å². The molecule has 1 saturated heterocycles. The van der Waals surface area contributed by atoms with Gasteiger partial charge in [0, 0.05) is 19.1 Å². The molecule has 0 saturated carbocycles. The zero-order valence-electron chi connectivity index (χ0n) is 9.75. The summed E-state index contributed by atoms with van der Waals surface area (Å²) in [4.78, 5) is 2.14. The fraction of sp³-hybridized carbons (Fsp3) is 0.538. The van der Waals surface area contributed by atoms with Crippen molar-refractivity contribution >= 4 is 5.69 Å². The summed E-state index contributed by atoms with van der Waals surface area (Å²) in [6.45, 7) is 3.80. The Morgan fingerprint density at radius 2 is 1.94 bits per heavy atom. The maximum atomic E-state index is 13.9. The van der Waals surface area contributed by atoms with Gasteiger partial charge in [-0.3, -0.25) is 0 Å². The highest BCUT2D eigenvalue weighted by atomic mass is 19.1. The summed E-state index contributed by atoms with van der Waals surface area (Å²) in [5, 5.41) is 0. The van der Waals surface area contributed by atoms with Crippen molar-refractivity contribution in [2.75, 3.05) is 18.0 Å². The van der Waals surface area contributed by atoms with Crippen LogP contribution in [0.1, 0.15) is 37.8 Å². The van der Waals surface area contributed by atoms with Crippen molar-refractivity contribution < 1.29 is 4.39 Å². The van der Waals surface area contributed by atoms with Gasteiger partial charge in [0.1, 0.15) is 5.82 Å². The molecule has 88 valence electrons. The van der Waals surface area contributed by atoms with Gasteiger partial charge in [-0.1, -0.05) is 12.1 Å². The first-order valence-corrected chi connectivity index (χ1v) is 5.99. The maximum Gasteiger partial charge on any atom is 0.146 e. The predicted octanol–water partition coefficient (Wildman–Crippen LogP) is 2.84. The largest absolute Gasteiger partial charge is 0.369 e. The molecule has 1 heterocycles. The van der Waals surface area contributed by atoms with Crippen molar-refractivity contribution in [3.05, 3.63) is 29.6 Å². The van der Waals surface area contributed by atoms with Crippen LogP contribution in [0.25, 0.3) is 0 Å². The smallest absolute Gasteiger partial charge is 0.146 e. The minimum atomic E-state index is -0.142. The van der Waals surface area contributed by atoms with Crippen LogP contribution >= 0.6 is 0 Å². The quantitative estimate of drug-likeness (QED) is 0.833. The minimum absolute atomic E-state index is 0.118. The number of para-hydroxylation sites is 1. The summed E-state index contributed by atoms with van der Waals surface area (Å²) in [6, 6.07) is 5.07. The molecule has 2 rings (SSSR count). The molecule has 0 aromatic heterocycles. The third-order valence-electron chi connectivity index (χ3n) is 3.18. The molecule has 0 bridgehead atoms. The molecule has 1 atom stereocenters. The van der Waals surface area contributed by atoms with Crippen LogP contribution in [0, 0.1) is 5.82 Å². The van der Waals surface area contributed by atoms with E-state index in [2.05, 4.69) is 4.90 Å². The van der Waals surface area contributed by atoms with E-state index in [4.69, 9.17) is 5.73 Å². The van der Waals surface area contributed by atoms with Crippen LogP contribution in [0.3, 0.4) is 0 Å². The van der Waals surface area contributed by atoms with Crippen molar-refractivity contribution in [1.82, 2.24) is 0 Å². The molecular weight excluding hydrogens is 203 g/mol. The fourth-order valence-corrected chi connectivity index (χ4v) is 2.35. The number of benzene rings is 1. The Morgan fingerprint density at radius 3 is 2.56 bits per heavy atom. The molecule has 0 amide bonds. The van der Waals surface area contributed by atoms with Gasteiger partial charge in [-0.15, -0.1) is 0 Å². The Hall–Kier alpha value is -1.09. The number of nitrogens with two attached hydrogens (primary N) is 1. The van der Waals surface area contributed by atoms with Crippen LogP contribution in [-0.4, -0.2) is 13.1 Å². The Bertz CT molecular complexity index is 357. The summed E-state index contributed by atoms with van der Waals surface area (Å²) >= 11 is 0. The monoisotopic (exact) mass is 222 g/mol. The zero-order chi connectivity index (χ0) is 11.5. The van der Waals surface area contributed by atoms with Crippen molar-refractivity contribution in [1.29, 1.82) is 0 Å². The van der Waals surface area contributed by atoms with E-state index in [1.54, 1.807) is 6.07 Å². The first-order valence-electron chi connectivity index (χ1n) is 5.99. The SMILES string of the molecule is CC(N)c1cccc(F)c1N1CCCCC1. The molecule has 2 N–H and O–H groups in total. The first-order chi connectivity index (χ1) is 7.70. The summed E-state index contributed by atoms with van der Waals surface area (Å²) < 4.78 is 13.9. The number of halogens is 1. The molecule has 0 radical (unpaired) electrons. The minimum Gasteiger partial charge on any atom is -0.369 e. The van der Waals surface area contributed by atoms with Gasteiger partial charge in [0.2, 0.25) is 0 Å². The molecule has 1 aliphatic heterocycles. The van der Waals surface area contributed by atoms with E-state index in [1.807, 2.05) is 13.0 Å². The highest BCUT2D eigenvalue weighted by molar-refractivity contribution is 5.56. The van der Waals surface area contributed by atoms with Crippen molar-refractivity contribution in [3.63, 3.8) is 0 Å². The van der Waals surface area contributed by atoms with E-state index in [0.29, 0.717) is 0 Å². The lowest BCUT2D eigenvalue weighted by atomic mass is 10.0. The van der Waals surface area contributed by atoms with Crippen molar-refractivity contribution in [2.45, 2.75) is 32.2 Å². The standard InChI is InChI=1S/C13H19FN2/c1-10(15)11-6-5-7-12(14)13(11)16-8-3-2-4-9-16/h5-7,10H,2-4,8-9,15H2,1H3. The normalized spacial score (nSPS) is 18.6. The van der Waals surface area contributed by atoms with Crippen molar-refractivity contribution in [2.24, 2.45) is 5.73 Å². The summed E-state index contributed by atoms with van der Waals surface area (Å²) in [6.07, 6.45) is 3.54. The molecule has 3 heteroatoms. The van der Waals surface area contributed by atoms with Crippen LogP contribution in [0.5, 0.6) is 0 Å². The number of hydrogen-bond donors (Lipinski definition) is 1. The average Bonchev–Trinajstić information content (AvgIpc) is 2.29. The predicted molar refractivity (Wildman–Crippen MR) is 65.1 cm³/mol. The van der Waals surface area contributed by atoms with Gasteiger partial charge in [-0.2, -0.15) is 0 Å². The number of hydrogen-bond acceptors (Lipinski definition) is 2. The number of rotatable bonds is 2. The second-order valence-corrected chi connectivity index (χ2v) is 4.51. The topological polar surface area (TPSA) is 29.3 Å². The van der Waals surface area contributed by atoms with E-state index in [1.165, 1.54) is 12.5 Å². The van der Waals surface area contributed by atoms with Gasteiger partial charge in [0.15, 0.2) is 0 Å². The molecule has 1 unspecified atom stereocenters. The highest BCUT2D eigenvalue weighted by Crippen LogP contribution is 2.30. The summed E-state index contributed by atoms with van der Waals surface area (Å²) in [5.74, 6) is -0.142. The molecule has 1 aliphatic rings. The van der Waals surface area contributed by atoms with Gasteiger partial charge < -0.3 is 10.6 Å². The first kappa shape index (κ1) is 11.4. The Morgan fingerprint density at radius 1 is 1.25 bits per heavy atom. The number of piperidine rings is 1. The van der Waals surface area contributed by atoms with Gasteiger partial charge in [0.05, 0.1) is 5.69 Å².